The fraction of sp³-hybridized carbons (Fsp3) is 0.529. The average molecular weight is 335 g/mol. The Morgan fingerprint density at radius 2 is 2.17 bits per heavy atom. The highest BCUT2D eigenvalue weighted by Gasteiger charge is 2.54. The second kappa shape index (κ2) is 5.21. The van der Waals surface area contributed by atoms with Crippen molar-refractivity contribution in [2.75, 3.05) is 6.54 Å². The molecule has 6 heteroatoms. The zero-order valence-electron chi connectivity index (χ0n) is 12.8. The van der Waals surface area contributed by atoms with Gasteiger partial charge in [-0.15, -0.1) is 0 Å². The van der Waals surface area contributed by atoms with Crippen molar-refractivity contribution in [2.45, 2.75) is 49.8 Å². The van der Waals surface area contributed by atoms with Gasteiger partial charge in [0, 0.05) is 24.0 Å². The highest BCUT2D eigenvalue weighted by molar-refractivity contribution is 6.30. The molecule has 2 atom stereocenters. The molecule has 1 saturated heterocycles. The Balaban J connectivity index is 1.59. The van der Waals surface area contributed by atoms with Crippen LogP contribution in [0.15, 0.2) is 18.2 Å². The lowest BCUT2D eigenvalue weighted by Crippen LogP contribution is -2.62. The summed E-state index contributed by atoms with van der Waals surface area (Å²) in [4.78, 5) is 27.0. The number of rotatable bonds is 1. The third-order valence-corrected chi connectivity index (χ3v) is 5.83. The molecule has 1 spiro atoms. The predicted octanol–water partition coefficient (Wildman–Crippen LogP) is 1.90. The first-order chi connectivity index (χ1) is 11.0. The van der Waals surface area contributed by atoms with E-state index < -0.39 is 12.1 Å². The molecule has 1 aliphatic carbocycles. The van der Waals surface area contributed by atoms with Gasteiger partial charge in [-0.1, -0.05) is 11.6 Å². The molecule has 2 N–H and O–H groups in total. The molecule has 2 unspecified atom stereocenters. The summed E-state index contributed by atoms with van der Waals surface area (Å²) in [6.07, 6.45) is 3.42. The number of hydrogen-bond donors (Lipinski definition) is 1. The lowest BCUT2D eigenvalue weighted by molar-refractivity contribution is -0.148. The lowest BCUT2D eigenvalue weighted by atomic mass is 9.72. The third-order valence-electron chi connectivity index (χ3n) is 5.59. The van der Waals surface area contributed by atoms with Gasteiger partial charge in [0.25, 0.3) is 5.91 Å². The van der Waals surface area contributed by atoms with Crippen LogP contribution in [-0.2, 0) is 16.0 Å². The van der Waals surface area contributed by atoms with Crippen LogP contribution in [0, 0.1) is 0 Å². The fourth-order valence-corrected chi connectivity index (χ4v) is 4.34. The number of hydrogen-bond acceptors (Lipinski definition) is 4. The van der Waals surface area contributed by atoms with E-state index >= 15 is 0 Å². The van der Waals surface area contributed by atoms with Crippen LogP contribution in [0.5, 0.6) is 0 Å². The zero-order chi connectivity index (χ0) is 16.2. The van der Waals surface area contributed by atoms with Gasteiger partial charge in [0.15, 0.2) is 6.10 Å². The largest absolute Gasteiger partial charge is 0.448 e. The Bertz CT molecular complexity index is 686. The van der Waals surface area contributed by atoms with E-state index in [2.05, 4.69) is 0 Å². The molecule has 5 nitrogen and oxygen atoms in total. The number of likely N-dealkylation sites (tertiary alicyclic amines) is 1. The van der Waals surface area contributed by atoms with Gasteiger partial charge in [-0.3, -0.25) is 4.79 Å². The van der Waals surface area contributed by atoms with E-state index in [1.165, 1.54) is 0 Å². The van der Waals surface area contributed by atoms with Crippen molar-refractivity contribution in [1.29, 1.82) is 0 Å². The van der Waals surface area contributed by atoms with E-state index in [0.29, 0.717) is 23.6 Å². The van der Waals surface area contributed by atoms with E-state index in [9.17, 15) is 9.59 Å². The molecule has 2 aliphatic heterocycles. The van der Waals surface area contributed by atoms with Gasteiger partial charge in [0.05, 0.1) is 11.1 Å². The van der Waals surface area contributed by atoms with Gasteiger partial charge in [-0.05, 0) is 49.4 Å². The van der Waals surface area contributed by atoms with E-state index in [1.54, 1.807) is 18.2 Å². The number of nitrogens with zero attached hydrogens (tertiary/aromatic N) is 1. The summed E-state index contributed by atoms with van der Waals surface area (Å²) >= 11 is 6.01. The summed E-state index contributed by atoms with van der Waals surface area (Å²) in [6.45, 7) is 0.649. The van der Waals surface area contributed by atoms with Gasteiger partial charge in [0.2, 0.25) is 0 Å². The maximum atomic E-state index is 13.0. The first kappa shape index (κ1) is 15.0. The highest BCUT2D eigenvalue weighted by Crippen LogP contribution is 2.45. The minimum Gasteiger partial charge on any atom is -0.448 e. The molecule has 2 fully saturated rings. The molecule has 0 radical (unpaired) electrons. The van der Waals surface area contributed by atoms with Crippen LogP contribution in [0.25, 0.3) is 0 Å². The van der Waals surface area contributed by atoms with Crippen LogP contribution in [-0.4, -0.2) is 41.0 Å². The van der Waals surface area contributed by atoms with Crippen LogP contribution in [0.4, 0.5) is 0 Å². The summed E-state index contributed by atoms with van der Waals surface area (Å²) in [5.41, 5.74) is 7.30. The molecule has 122 valence electrons. The lowest BCUT2D eigenvalue weighted by Gasteiger charge is -2.49. The van der Waals surface area contributed by atoms with E-state index in [-0.39, 0.29) is 17.5 Å². The molecule has 1 aromatic rings. The van der Waals surface area contributed by atoms with Gasteiger partial charge >= 0.3 is 5.97 Å². The Labute approximate surface area is 139 Å². The monoisotopic (exact) mass is 334 g/mol. The standard InChI is InChI=1S/C17H19ClN2O3/c18-11-2-3-12-10(8-11)9-13(23-16(12)22)15(21)20-7-4-14(19)17(20)5-1-6-17/h2-3,8,13-14H,1,4-7,9,19H2. The van der Waals surface area contributed by atoms with Crippen LogP contribution >= 0.6 is 11.6 Å². The summed E-state index contributed by atoms with van der Waals surface area (Å²) < 4.78 is 5.41. The molecule has 1 aromatic carbocycles. The second-order valence-electron chi connectivity index (χ2n) is 6.74. The molecular formula is C17H19ClN2O3. The Kier molecular flexibility index (Phi) is 3.39. The van der Waals surface area contributed by atoms with Crippen LogP contribution in [0.1, 0.15) is 41.6 Å². The third kappa shape index (κ3) is 2.17. The van der Waals surface area contributed by atoms with E-state index in [4.69, 9.17) is 22.1 Å². The van der Waals surface area contributed by atoms with E-state index in [0.717, 1.165) is 31.2 Å². The van der Waals surface area contributed by atoms with Crippen molar-refractivity contribution < 1.29 is 14.3 Å². The minimum absolute atomic E-state index is 0.0289. The summed E-state index contributed by atoms with van der Waals surface area (Å²) in [5, 5.41) is 0.559. The number of amides is 1. The minimum atomic E-state index is -0.767. The van der Waals surface area contributed by atoms with Gasteiger partial charge in [-0.25, -0.2) is 4.79 Å². The number of cyclic esters (lactones) is 1. The maximum Gasteiger partial charge on any atom is 0.339 e. The molecule has 1 amide bonds. The van der Waals surface area contributed by atoms with Crippen molar-refractivity contribution in [3.05, 3.63) is 34.3 Å². The van der Waals surface area contributed by atoms with Crippen molar-refractivity contribution in [1.82, 2.24) is 4.90 Å². The molecule has 2 heterocycles. The number of benzene rings is 1. The second-order valence-corrected chi connectivity index (χ2v) is 7.18. The molecule has 0 aromatic heterocycles. The van der Waals surface area contributed by atoms with E-state index in [1.807, 2.05) is 4.90 Å². The highest BCUT2D eigenvalue weighted by atomic mass is 35.5. The number of fused-ring (bicyclic) bond motifs is 1. The predicted molar refractivity (Wildman–Crippen MR) is 85.2 cm³/mol. The Hall–Kier alpha value is -1.59. The topological polar surface area (TPSA) is 72.6 Å². The maximum absolute atomic E-state index is 13.0. The Morgan fingerprint density at radius 3 is 2.87 bits per heavy atom. The van der Waals surface area contributed by atoms with Crippen molar-refractivity contribution >= 4 is 23.5 Å². The number of nitrogens with two attached hydrogens (primary N) is 1. The molecule has 3 aliphatic rings. The van der Waals surface area contributed by atoms with Gasteiger partial charge < -0.3 is 15.4 Å². The first-order valence-electron chi connectivity index (χ1n) is 8.08. The summed E-state index contributed by atoms with van der Waals surface area (Å²) in [7, 11) is 0. The Morgan fingerprint density at radius 1 is 1.39 bits per heavy atom. The number of ether oxygens (including phenoxy) is 1. The SMILES string of the molecule is NC1CCN(C(=O)C2Cc3cc(Cl)ccc3C(=O)O2)C12CCC2. The molecule has 23 heavy (non-hydrogen) atoms. The van der Waals surface area contributed by atoms with Crippen LogP contribution < -0.4 is 5.73 Å². The molecule has 4 rings (SSSR count). The normalized spacial score (nSPS) is 28.3. The van der Waals surface area contributed by atoms with Crippen molar-refractivity contribution in [2.24, 2.45) is 5.73 Å². The number of carbonyl (C=O) groups is 2. The van der Waals surface area contributed by atoms with Gasteiger partial charge in [-0.2, -0.15) is 0 Å². The fourth-order valence-electron chi connectivity index (χ4n) is 4.14. The average Bonchev–Trinajstić information content (AvgIpc) is 2.83. The zero-order valence-corrected chi connectivity index (χ0v) is 13.5. The van der Waals surface area contributed by atoms with Gasteiger partial charge in [0.1, 0.15) is 0 Å². The quantitative estimate of drug-likeness (QED) is 0.796. The number of carbonyl (C=O) groups excluding carboxylic acids is 2. The van der Waals surface area contributed by atoms with Crippen LogP contribution in [0.2, 0.25) is 5.02 Å². The first-order valence-corrected chi connectivity index (χ1v) is 8.45. The summed E-state index contributed by atoms with van der Waals surface area (Å²) in [5.74, 6) is -0.566. The van der Waals surface area contributed by atoms with Crippen LogP contribution in [0.3, 0.4) is 0 Å². The summed E-state index contributed by atoms with van der Waals surface area (Å²) in [6, 6.07) is 5.08. The van der Waals surface area contributed by atoms with Crippen molar-refractivity contribution in [3.8, 4) is 0 Å². The smallest absolute Gasteiger partial charge is 0.339 e. The molecule has 1 saturated carbocycles. The van der Waals surface area contributed by atoms with Crippen molar-refractivity contribution in [3.63, 3.8) is 0 Å². The number of halogens is 1. The molecule has 0 bridgehead atoms. The number of esters is 1. The molecular weight excluding hydrogens is 316 g/mol.